The van der Waals surface area contributed by atoms with Crippen molar-refractivity contribution in [1.82, 2.24) is 9.38 Å². The molecule has 0 saturated heterocycles. The third kappa shape index (κ3) is 2.80. The molecule has 3 rings (SSSR count). The fourth-order valence-electron chi connectivity index (χ4n) is 1.98. The van der Waals surface area contributed by atoms with Gasteiger partial charge in [-0.15, -0.1) is 11.3 Å². The normalized spacial score (nSPS) is 11.1. The topological polar surface area (TPSA) is 52.5 Å². The molecule has 0 atom stereocenters. The zero-order valence-electron chi connectivity index (χ0n) is 10.8. The standard InChI is InChI=1S/C14H14ClN3OS/c15-12-7-10(3-4-16)1-2-13(12)19-9-11-8-18-5-6-20-14(18)17-11/h1-2,5-8H,3-4,9,16H2. The summed E-state index contributed by atoms with van der Waals surface area (Å²) in [7, 11) is 0. The minimum atomic E-state index is 0.407. The third-order valence-corrected chi connectivity index (χ3v) is 4.01. The lowest BCUT2D eigenvalue weighted by atomic mass is 10.1. The number of hydrogen-bond acceptors (Lipinski definition) is 4. The van der Waals surface area contributed by atoms with Crippen LogP contribution in [0.3, 0.4) is 0 Å². The number of imidazole rings is 1. The molecule has 0 aliphatic carbocycles. The summed E-state index contributed by atoms with van der Waals surface area (Å²) in [6, 6.07) is 5.76. The fourth-order valence-corrected chi connectivity index (χ4v) is 2.96. The SMILES string of the molecule is NCCc1ccc(OCc2cn3ccsc3n2)c(Cl)c1. The summed E-state index contributed by atoms with van der Waals surface area (Å²) in [6.07, 6.45) is 4.75. The van der Waals surface area contributed by atoms with Crippen LogP contribution in [0.1, 0.15) is 11.3 Å². The van der Waals surface area contributed by atoms with E-state index in [1.165, 1.54) is 0 Å². The molecule has 0 bridgehead atoms. The Hall–Kier alpha value is -1.56. The van der Waals surface area contributed by atoms with Gasteiger partial charge < -0.3 is 10.5 Å². The smallest absolute Gasteiger partial charge is 0.193 e. The molecule has 104 valence electrons. The first kappa shape index (κ1) is 13.4. The van der Waals surface area contributed by atoms with Crippen LogP contribution in [0.15, 0.2) is 36.0 Å². The number of halogens is 1. The minimum Gasteiger partial charge on any atom is -0.486 e. The summed E-state index contributed by atoms with van der Waals surface area (Å²) >= 11 is 7.80. The summed E-state index contributed by atoms with van der Waals surface area (Å²) in [6.45, 7) is 1.02. The van der Waals surface area contributed by atoms with Crippen molar-refractivity contribution in [3.63, 3.8) is 0 Å². The van der Waals surface area contributed by atoms with Gasteiger partial charge in [-0.05, 0) is 30.7 Å². The van der Waals surface area contributed by atoms with E-state index in [4.69, 9.17) is 22.1 Å². The molecule has 0 radical (unpaired) electrons. The minimum absolute atomic E-state index is 0.407. The number of aromatic nitrogens is 2. The van der Waals surface area contributed by atoms with Crippen molar-refractivity contribution in [2.45, 2.75) is 13.0 Å². The van der Waals surface area contributed by atoms with Crippen LogP contribution in [0, 0.1) is 0 Å². The van der Waals surface area contributed by atoms with Crippen LogP contribution in [0.5, 0.6) is 5.75 Å². The molecule has 3 aromatic rings. The number of benzene rings is 1. The molecule has 0 aliphatic rings. The Balaban J connectivity index is 1.70. The Morgan fingerprint density at radius 3 is 3.05 bits per heavy atom. The number of fused-ring (bicyclic) bond motifs is 1. The van der Waals surface area contributed by atoms with Gasteiger partial charge in [0, 0.05) is 17.8 Å². The molecule has 0 fully saturated rings. The number of hydrogen-bond donors (Lipinski definition) is 1. The lowest BCUT2D eigenvalue weighted by Gasteiger charge is -2.08. The van der Waals surface area contributed by atoms with Gasteiger partial charge in [0.2, 0.25) is 0 Å². The molecule has 1 aromatic carbocycles. The lowest BCUT2D eigenvalue weighted by molar-refractivity contribution is 0.302. The van der Waals surface area contributed by atoms with Gasteiger partial charge in [-0.25, -0.2) is 4.98 Å². The molecule has 0 unspecified atom stereocenters. The first-order valence-electron chi connectivity index (χ1n) is 6.28. The van der Waals surface area contributed by atoms with Crippen LogP contribution in [-0.2, 0) is 13.0 Å². The Bertz CT molecular complexity index is 694. The molecular formula is C14H14ClN3OS. The predicted octanol–water partition coefficient (Wildman–Crippen LogP) is 3.13. The second-order valence-corrected chi connectivity index (χ2v) is 5.70. The lowest BCUT2D eigenvalue weighted by Crippen LogP contribution is -2.03. The quantitative estimate of drug-likeness (QED) is 0.788. The highest BCUT2D eigenvalue weighted by atomic mass is 35.5. The summed E-state index contributed by atoms with van der Waals surface area (Å²) in [5.74, 6) is 0.670. The molecule has 6 heteroatoms. The molecule has 4 nitrogen and oxygen atoms in total. The van der Waals surface area contributed by atoms with E-state index < -0.39 is 0 Å². The van der Waals surface area contributed by atoms with Gasteiger partial charge in [-0.2, -0.15) is 0 Å². The average molecular weight is 308 g/mol. The summed E-state index contributed by atoms with van der Waals surface area (Å²) in [5, 5.41) is 2.61. The van der Waals surface area contributed by atoms with E-state index >= 15 is 0 Å². The van der Waals surface area contributed by atoms with Crippen LogP contribution in [0.25, 0.3) is 4.96 Å². The molecule has 2 N–H and O–H groups in total. The van der Waals surface area contributed by atoms with Gasteiger partial charge in [-0.3, -0.25) is 4.40 Å². The first-order chi connectivity index (χ1) is 9.76. The van der Waals surface area contributed by atoms with Crippen LogP contribution in [-0.4, -0.2) is 15.9 Å². The summed E-state index contributed by atoms with van der Waals surface area (Å²) in [5.41, 5.74) is 7.53. The third-order valence-electron chi connectivity index (χ3n) is 2.95. The monoisotopic (exact) mass is 307 g/mol. The second kappa shape index (κ2) is 5.83. The predicted molar refractivity (Wildman–Crippen MR) is 81.6 cm³/mol. The van der Waals surface area contributed by atoms with Gasteiger partial charge in [-0.1, -0.05) is 17.7 Å². The first-order valence-corrected chi connectivity index (χ1v) is 7.54. The van der Waals surface area contributed by atoms with Crippen molar-refractivity contribution in [1.29, 1.82) is 0 Å². The number of nitrogens with two attached hydrogens (primary N) is 1. The van der Waals surface area contributed by atoms with Gasteiger partial charge in [0.1, 0.15) is 12.4 Å². The highest BCUT2D eigenvalue weighted by Gasteiger charge is 2.06. The van der Waals surface area contributed by atoms with Crippen molar-refractivity contribution in [2.75, 3.05) is 6.54 Å². The Morgan fingerprint density at radius 2 is 2.30 bits per heavy atom. The van der Waals surface area contributed by atoms with E-state index in [-0.39, 0.29) is 0 Å². The van der Waals surface area contributed by atoms with E-state index in [1.54, 1.807) is 11.3 Å². The van der Waals surface area contributed by atoms with Crippen LogP contribution in [0.4, 0.5) is 0 Å². The van der Waals surface area contributed by atoms with Gasteiger partial charge in [0.05, 0.1) is 10.7 Å². The molecule has 0 amide bonds. The number of ether oxygens (including phenoxy) is 1. The molecule has 0 saturated carbocycles. The number of nitrogens with zero attached hydrogens (tertiary/aromatic N) is 2. The van der Waals surface area contributed by atoms with Crippen molar-refractivity contribution < 1.29 is 4.74 Å². The van der Waals surface area contributed by atoms with Gasteiger partial charge in [0.25, 0.3) is 0 Å². The van der Waals surface area contributed by atoms with Gasteiger partial charge >= 0.3 is 0 Å². The van der Waals surface area contributed by atoms with E-state index in [0.29, 0.717) is 23.9 Å². The van der Waals surface area contributed by atoms with Crippen molar-refractivity contribution >= 4 is 27.9 Å². The van der Waals surface area contributed by atoms with Crippen molar-refractivity contribution in [3.8, 4) is 5.75 Å². The van der Waals surface area contributed by atoms with Crippen LogP contribution < -0.4 is 10.5 Å². The molecular weight excluding hydrogens is 294 g/mol. The molecule has 2 heterocycles. The van der Waals surface area contributed by atoms with E-state index in [9.17, 15) is 0 Å². The highest BCUT2D eigenvalue weighted by molar-refractivity contribution is 7.15. The van der Waals surface area contributed by atoms with Crippen LogP contribution in [0.2, 0.25) is 5.02 Å². The second-order valence-electron chi connectivity index (χ2n) is 4.42. The Kier molecular flexibility index (Phi) is 3.91. The summed E-state index contributed by atoms with van der Waals surface area (Å²) in [4.78, 5) is 5.43. The van der Waals surface area contributed by atoms with Crippen molar-refractivity contribution in [3.05, 3.63) is 52.3 Å². The molecule has 0 aliphatic heterocycles. The maximum Gasteiger partial charge on any atom is 0.193 e. The van der Waals surface area contributed by atoms with Gasteiger partial charge in [0.15, 0.2) is 4.96 Å². The number of thiazole rings is 1. The largest absolute Gasteiger partial charge is 0.486 e. The van der Waals surface area contributed by atoms with E-state index in [1.807, 2.05) is 40.4 Å². The zero-order chi connectivity index (χ0) is 13.9. The Morgan fingerprint density at radius 1 is 1.40 bits per heavy atom. The molecule has 2 aromatic heterocycles. The van der Waals surface area contributed by atoms with Crippen LogP contribution >= 0.6 is 22.9 Å². The summed E-state index contributed by atoms with van der Waals surface area (Å²) < 4.78 is 7.70. The van der Waals surface area contributed by atoms with Crippen molar-refractivity contribution in [2.24, 2.45) is 5.73 Å². The maximum absolute atomic E-state index is 6.20. The zero-order valence-corrected chi connectivity index (χ0v) is 12.3. The molecule has 20 heavy (non-hydrogen) atoms. The Labute approximate surface area is 125 Å². The highest BCUT2D eigenvalue weighted by Crippen LogP contribution is 2.26. The fraction of sp³-hybridized carbons (Fsp3) is 0.214. The van der Waals surface area contributed by atoms with E-state index in [0.717, 1.165) is 22.6 Å². The number of rotatable bonds is 5. The maximum atomic E-state index is 6.20. The van der Waals surface area contributed by atoms with E-state index in [2.05, 4.69) is 4.98 Å². The average Bonchev–Trinajstić information content (AvgIpc) is 2.99. The molecule has 0 spiro atoms.